The van der Waals surface area contributed by atoms with E-state index in [1.54, 1.807) is 0 Å². The average Bonchev–Trinajstić information content (AvgIpc) is 3.12. The largest absolute Gasteiger partial charge is 0.478 e. The van der Waals surface area contributed by atoms with Crippen molar-refractivity contribution in [2.24, 2.45) is 11.8 Å². The van der Waals surface area contributed by atoms with Crippen LogP contribution in [0.4, 0.5) is 5.00 Å². The molecule has 0 radical (unpaired) electrons. The van der Waals surface area contributed by atoms with Gasteiger partial charge in [-0.2, -0.15) is 0 Å². The van der Waals surface area contributed by atoms with Gasteiger partial charge in [0.15, 0.2) is 0 Å². The lowest BCUT2D eigenvalue weighted by Crippen LogP contribution is -2.17. The minimum atomic E-state index is -0.921. The lowest BCUT2D eigenvalue weighted by Gasteiger charge is -2.24. The van der Waals surface area contributed by atoms with Gasteiger partial charge in [0.25, 0.3) is 0 Å². The zero-order valence-electron chi connectivity index (χ0n) is 11.7. The Morgan fingerprint density at radius 1 is 1.30 bits per heavy atom. The van der Waals surface area contributed by atoms with Crippen LogP contribution in [0.15, 0.2) is 0 Å². The first-order valence-electron chi connectivity index (χ1n) is 7.17. The number of carbonyl (C=O) groups excluding carboxylic acids is 1. The zero-order chi connectivity index (χ0) is 14.4. The summed E-state index contributed by atoms with van der Waals surface area (Å²) in [7, 11) is 0. The molecule has 1 saturated carbocycles. The first kappa shape index (κ1) is 13.6. The number of carboxylic acid groups (broad SMARTS) is 1. The zero-order valence-corrected chi connectivity index (χ0v) is 12.5. The van der Waals surface area contributed by atoms with Crippen molar-refractivity contribution >= 4 is 28.2 Å². The Morgan fingerprint density at radius 3 is 2.60 bits per heavy atom. The first-order valence-corrected chi connectivity index (χ1v) is 7.98. The SMILES string of the molecule is CC1Cc2c(sc(NC(=O)C3CC3)c2C(=O)O)C(C)C1. The molecule has 1 aromatic heterocycles. The highest BCUT2D eigenvalue weighted by molar-refractivity contribution is 7.17. The van der Waals surface area contributed by atoms with Crippen LogP contribution in [0.2, 0.25) is 0 Å². The Kier molecular flexibility index (Phi) is 3.32. The quantitative estimate of drug-likeness (QED) is 0.896. The molecule has 4 nitrogen and oxygen atoms in total. The number of hydrogen-bond acceptors (Lipinski definition) is 3. The van der Waals surface area contributed by atoms with Crippen molar-refractivity contribution in [3.63, 3.8) is 0 Å². The molecule has 20 heavy (non-hydrogen) atoms. The summed E-state index contributed by atoms with van der Waals surface area (Å²) in [6, 6.07) is 0. The molecule has 0 saturated heterocycles. The maximum absolute atomic E-state index is 11.9. The van der Waals surface area contributed by atoms with E-state index >= 15 is 0 Å². The summed E-state index contributed by atoms with van der Waals surface area (Å²) in [6.45, 7) is 4.30. The summed E-state index contributed by atoms with van der Waals surface area (Å²) in [5.74, 6) is 0.0226. The number of carbonyl (C=O) groups is 2. The molecular formula is C15H19NO3S. The second kappa shape index (κ2) is 4.88. The van der Waals surface area contributed by atoms with Crippen LogP contribution in [0.25, 0.3) is 0 Å². The van der Waals surface area contributed by atoms with E-state index in [0.29, 0.717) is 22.4 Å². The lowest BCUT2D eigenvalue weighted by molar-refractivity contribution is -0.117. The minimum absolute atomic E-state index is 0.0215. The van der Waals surface area contributed by atoms with E-state index in [1.165, 1.54) is 11.3 Å². The van der Waals surface area contributed by atoms with Gasteiger partial charge in [-0.25, -0.2) is 4.79 Å². The summed E-state index contributed by atoms with van der Waals surface area (Å²) in [5.41, 5.74) is 1.28. The number of nitrogens with one attached hydrogen (secondary N) is 1. The maximum Gasteiger partial charge on any atom is 0.339 e. The van der Waals surface area contributed by atoms with Gasteiger partial charge in [-0.3, -0.25) is 4.79 Å². The Hall–Kier alpha value is -1.36. The number of rotatable bonds is 3. The molecule has 2 aliphatic carbocycles. The van der Waals surface area contributed by atoms with E-state index in [2.05, 4.69) is 19.2 Å². The third-order valence-electron chi connectivity index (χ3n) is 4.19. The highest BCUT2D eigenvalue weighted by Crippen LogP contribution is 2.45. The fourth-order valence-electron chi connectivity index (χ4n) is 3.10. The number of hydrogen-bond donors (Lipinski definition) is 2. The van der Waals surface area contributed by atoms with Gasteiger partial charge < -0.3 is 10.4 Å². The van der Waals surface area contributed by atoms with Crippen molar-refractivity contribution < 1.29 is 14.7 Å². The maximum atomic E-state index is 11.9. The van der Waals surface area contributed by atoms with Crippen LogP contribution in [0.3, 0.4) is 0 Å². The van der Waals surface area contributed by atoms with Gasteiger partial charge >= 0.3 is 5.97 Å². The minimum Gasteiger partial charge on any atom is -0.478 e. The van der Waals surface area contributed by atoms with Crippen LogP contribution in [0, 0.1) is 11.8 Å². The molecule has 1 fully saturated rings. The monoisotopic (exact) mass is 293 g/mol. The fraction of sp³-hybridized carbons (Fsp3) is 0.600. The molecular weight excluding hydrogens is 274 g/mol. The number of thiophene rings is 1. The van der Waals surface area contributed by atoms with Gasteiger partial charge in [0.1, 0.15) is 5.00 Å². The summed E-state index contributed by atoms with van der Waals surface area (Å²) in [6.07, 6.45) is 3.74. The van der Waals surface area contributed by atoms with E-state index in [1.807, 2.05) is 0 Å². The van der Waals surface area contributed by atoms with Gasteiger partial charge in [0.2, 0.25) is 5.91 Å². The fourth-order valence-corrected chi connectivity index (χ4v) is 4.39. The second-order valence-electron chi connectivity index (χ2n) is 6.16. The predicted molar refractivity (Wildman–Crippen MR) is 78.5 cm³/mol. The molecule has 0 aliphatic heterocycles. The van der Waals surface area contributed by atoms with Crippen molar-refractivity contribution in [2.45, 2.75) is 45.4 Å². The normalized spacial score (nSPS) is 25.1. The van der Waals surface area contributed by atoms with Crippen LogP contribution in [-0.2, 0) is 11.2 Å². The highest BCUT2D eigenvalue weighted by Gasteiger charge is 2.34. The summed E-state index contributed by atoms with van der Waals surface area (Å²) < 4.78 is 0. The van der Waals surface area contributed by atoms with Crippen LogP contribution >= 0.6 is 11.3 Å². The van der Waals surface area contributed by atoms with Gasteiger partial charge in [0, 0.05) is 10.8 Å². The molecule has 1 amide bonds. The van der Waals surface area contributed by atoms with E-state index < -0.39 is 5.97 Å². The molecule has 2 atom stereocenters. The standard InChI is InChI=1S/C15H19NO3S/c1-7-5-8(2)12-10(6-7)11(15(18)19)14(20-12)16-13(17)9-3-4-9/h7-9H,3-6H2,1-2H3,(H,16,17)(H,18,19). The van der Waals surface area contributed by atoms with Crippen molar-refractivity contribution in [3.8, 4) is 0 Å². The van der Waals surface area contributed by atoms with Crippen LogP contribution in [0.1, 0.15) is 59.8 Å². The summed E-state index contributed by atoms with van der Waals surface area (Å²) in [4.78, 5) is 24.6. The van der Waals surface area contributed by atoms with E-state index in [0.717, 1.165) is 36.1 Å². The Labute approximate surface area is 122 Å². The second-order valence-corrected chi connectivity index (χ2v) is 7.22. The predicted octanol–water partition coefficient (Wildman–Crippen LogP) is 3.48. The number of carboxylic acids is 1. The van der Waals surface area contributed by atoms with Gasteiger partial charge in [0.05, 0.1) is 5.56 Å². The Bertz CT molecular complexity index is 574. The van der Waals surface area contributed by atoms with E-state index in [9.17, 15) is 14.7 Å². The molecule has 2 N–H and O–H groups in total. The van der Waals surface area contributed by atoms with Crippen molar-refractivity contribution in [1.82, 2.24) is 0 Å². The van der Waals surface area contributed by atoms with E-state index in [4.69, 9.17) is 0 Å². The average molecular weight is 293 g/mol. The van der Waals surface area contributed by atoms with Crippen LogP contribution in [0.5, 0.6) is 0 Å². The van der Waals surface area contributed by atoms with E-state index in [-0.39, 0.29) is 11.8 Å². The van der Waals surface area contributed by atoms with Crippen molar-refractivity contribution in [3.05, 3.63) is 16.0 Å². The van der Waals surface area contributed by atoms with Crippen molar-refractivity contribution in [2.75, 3.05) is 5.32 Å². The van der Waals surface area contributed by atoms with Gasteiger partial charge in [-0.15, -0.1) is 11.3 Å². The summed E-state index contributed by atoms with van der Waals surface area (Å²) in [5, 5.41) is 12.9. The first-order chi connectivity index (χ1) is 9.47. The molecule has 0 bridgehead atoms. The third kappa shape index (κ3) is 2.35. The van der Waals surface area contributed by atoms with Crippen LogP contribution < -0.4 is 5.32 Å². The molecule has 2 unspecified atom stereocenters. The number of aromatic carboxylic acids is 1. The molecule has 1 aromatic rings. The van der Waals surface area contributed by atoms with Crippen molar-refractivity contribution in [1.29, 1.82) is 0 Å². The smallest absolute Gasteiger partial charge is 0.339 e. The number of fused-ring (bicyclic) bond motifs is 1. The third-order valence-corrected chi connectivity index (χ3v) is 5.57. The number of amides is 1. The molecule has 5 heteroatoms. The molecule has 2 aliphatic rings. The molecule has 3 rings (SSSR count). The van der Waals surface area contributed by atoms with Gasteiger partial charge in [-0.1, -0.05) is 13.8 Å². The Balaban J connectivity index is 1.99. The lowest BCUT2D eigenvalue weighted by atomic mass is 9.82. The molecule has 0 aromatic carbocycles. The molecule has 1 heterocycles. The highest BCUT2D eigenvalue weighted by atomic mass is 32.1. The van der Waals surface area contributed by atoms with Gasteiger partial charge in [-0.05, 0) is 43.1 Å². The number of anilines is 1. The topological polar surface area (TPSA) is 66.4 Å². The molecule has 0 spiro atoms. The molecule has 108 valence electrons. The van der Waals surface area contributed by atoms with Crippen LogP contribution in [-0.4, -0.2) is 17.0 Å². The Morgan fingerprint density at radius 2 is 2.00 bits per heavy atom. The summed E-state index contributed by atoms with van der Waals surface area (Å²) >= 11 is 1.46.